The summed E-state index contributed by atoms with van der Waals surface area (Å²) >= 11 is 0. The van der Waals surface area contributed by atoms with E-state index in [-0.39, 0.29) is 17.2 Å². The molecule has 0 spiro atoms. The van der Waals surface area contributed by atoms with Crippen molar-refractivity contribution < 1.29 is 32.6 Å². The first-order valence-corrected chi connectivity index (χ1v) is 12.6. The van der Waals surface area contributed by atoms with Gasteiger partial charge in [0.05, 0.1) is 31.7 Å². The SMILES string of the molecule is COc1ccc(NC(=O)c2cnn(-c3ccc(F)cc3F)c2C2CCN(C(=O)OC(C)(C)C)CC2)cc1OC. The fourth-order valence-electron chi connectivity index (χ4n) is 4.55. The number of nitrogens with one attached hydrogen (secondary N) is 1. The quantitative estimate of drug-likeness (QED) is 0.440. The molecule has 0 atom stereocenters. The van der Waals surface area contributed by atoms with Gasteiger partial charge in [-0.25, -0.2) is 18.3 Å². The fourth-order valence-corrected chi connectivity index (χ4v) is 4.55. The van der Waals surface area contributed by atoms with Crippen molar-refractivity contribution in [3.05, 3.63) is 65.5 Å². The molecule has 0 bridgehead atoms. The molecule has 39 heavy (non-hydrogen) atoms. The molecule has 4 rings (SSSR count). The summed E-state index contributed by atoms with van der Waals surface area (Å²) in [5.74, 6) is -1.27. The van der Waals surface area contributed by atoms with Crippen LogP contribution in [0.4, 0.5) is 19.3 Å². The molecule has 1 N–H and O–H groups in total. The molecule has 2 heterocycles. The summed E-state index contributed by atoms with van der Waals surface area (Å²) < 4.78 is 45.9. The Morgan fingerprint density at radius 1 is 1.00 bits per heavy atom. The molecule has 9 nitrogen and oxygen atoms in total. The van der Waals surface area contributed by atoms with Crippen LogP contribution in [0.3, 0.4) is 0 Å². The molecule has 11 heteroatoms. The number of methoxy groups -OCH3 is 2. The van der Waals surface area contributed by atoms with E-state index in [0.29, 0.717) is 48.8 Å². The molecule has 0 unspecified atom stereocenters. The fraction of sp³-hybridized carbons (Fsp3) is 0.393. The van der Waals surface area contributed by atoms with Crippen molar-refractivity contribution in [2.24, 2.45) is 0 Å². The van der Waals surface area contributed by atoms with E-state index < -0.39 is 29.2 Å². The van der Waals surface area contributed by atoms with E-state index in [1.807, 2.05) is 0 Å². The zero-order chi connectivity index (χ0) is 28.3. The Hall–Kier alpha value is -4.15. The second-order valence-corrected chi connectivity index (χ2v) is 10.2. The monoisotopic (exact) mass is 542 g/mol. The molecule has 3 aromatic rings. The maximum Gasteiger partial charge on any atom is 0.410 e. The molecular formula is C28H32F2N4O5. The lowest BCUT2D eigenvalue weighted by Crippen LogP contribution is -2.41. The number of benzene rings is 2. The van der Waals surface area contributed by atoms with Crippen molar-refractivity contribution in [3.8, 4) is 17.2 Å². The largest absolute Gasteiger partial charge is 0.493 e. The van der Waals surface area contributed by atoms with Gasteiger partial charge < -0.3 is 24.4 Å². The minimum Gasteiger partial charge on any atom is -0.493 e. The number of hydrogen-bond donors (Lipinski definition) is 1. The summed E-state index contributed by atoms with van der Waals surface area (Å²) in [6.45, 7) is 6.17. The van der Waals surface area contributed by atoms with Gasteiger partial charge in [0.2, 0.25) is 0 Å². The summed E-state index contributed by atoms with van der Waals surface area (Å²) in [5, 5.41) is 7.16. The highest BCUT2D eigenvalue weighted by Crippen LogP contribution is 2.34. The number of hydrogen-bond acceptors (Lipinski definition) is 6. The average molecular weight is 543 g/mol. The van der Waals surface area contributed by atoms with Crippen LogP contribution < -0.4 is 14.8 Å². The Morgan fingerprint density at radius 2 is 1.69 bits per heavy atom. The summed E-state index contributed by atoms with van der Waals surface area (Å²) in [7, 11) is 3.01. The summed E-state index contributed by atoms with van der Waals surface area (Å²) in [5.41, 5.74) is 0.573. The number of likely N-dealkylation sites (tertiary alicyclic amines) is 1. The lowest BCUT2D eigenvalue weighted by atomic mass is 9.90. The van der Waals surface area contributed by atoms with E-state index in [0.717, 1.165) is 12.1 Å². The van der Waals surface area contributed by atoms with Crippen molar-refractivity contribution >= 4 is 17.7 Å². The molecule has 1 fully saturated rings. The molecular weight excluding hydrogens is 510 g/mol. The first-order valence-electron chi connectivity index (χ1n) is 12.6. The Morgan fingerprint density at radius 3 is 2.31 bits per heavy atom. The van der Waals surface area contributed by atoms with Crippen molar-refractivity contribution in [1.82, 2.24) is 14.7 Å². The minimum atomic E-state index is -0.808. The number of carbonyl (C=O) groups excluding carboxylic acids is 2. The molecule has 1 aliphatic rings. The van der Waals surface area contributed by atoms with Gasteiger partial charge in [0.15, 0.2) is 17.3 Å². The van der Waals surface area contributed by atoms with E-state index in [9.17, 15) is 18.4 Å². The van der Waals surface area contributed by atoms with Gasteiger partial charge >= 0.3 is 6.09 Å². The van der Waals surface area contributed by atoms with Crippen LogP contribution in [0.25, 0.3) is 5.69 Å². The molecule has 1 aromatic heterocycles. The maximum atomic E-state index is 14.8. The van der Waals surface area contributed by atoms with Gasteiger partial charge in [-0.1, -0.05) is 0 Å². The third-order valence-corrected chi connectivity index (χ3v) is 6.36. The van der Waals surface area contributed by atoms with E-state index >= 15 is 0 Å². The molecule has 0 radical (unpaired) electrons. The van der Waals surface area contributed by atoms with Gasteiger partial charge in [0.1, 0.15) is 17.1 Å². The molecule has 2 amide bonds. The standard InChI is InChI=1S/C28H32F2N4O5/c1-28(2,3)39-27(36)33-12-10-17(11-13-33)25-20(16-31-34(25)22-8-6-18(29)14-21(22)30)26(35)32-19-7-9-23(37-4)24(15-19)38-5/h6-9,14-17H,10-13H2,1-5H3,(H,32,35). The van der Waals surface area contributed by atoms with Gasteiger partial charge in [0.25, 0.3) is 5.91 Å². The maximum absolute atomic E-state index is 14.8. The number of anilines is 1. The smallest absolute Gasteiger partial charge is 0.410 e. The molecule has 208 valence electrons. The molecule has 0 aliphatic carbocycles. The number of piperidine rings is 1. The van der Waals surface area contributed by atoms with Crippen molar-refractivity contribution in [1.29, 1.82) is 0 Å². The third-order valence-electron chi connectivity index (χ3n) is 6.36. The van der Waals surface area contributed by atoms with Crippen LogP contribution in [0.2, 0.25) is 0 Å². The van der Waals surface area contributed by atoms with Gasteiger partial charge in [-0.15, -0.1) is 0 Å². The van der Waals surface area contributed by atoms with Crippen LogP contribution in [0, 0.1) is 11.6 Å². The first kappa shape index (κ1) is 27.9. The molecule has 0 saturated carbocycles. The number of halogens is 2. The number of ether oxygens (including phenoxy) is 3. The Balaban J connectivity index is 1.65. The highest BCUT2D eigenvalue weighted by molar-refractivity contribution is 6.05. The van der Waals surface area contributed by atoms with Crippen LogP contribution in [0.1, 0.15) is 55.6 Å². The predicted octanol–water partition coefficient (Wildman–Crippen LogP) is 5.53. The van der Waals surface area contributed by atoms with E-state index in [1.54, 1.807) is 43.9 Å². The second kappa shape index (κ2) is 11.3. The van der Waals surface area contributed by atoms with Crippen LogP contribution in [-0.4, -0.2) is 59.6 Å². The van der Waals surface area contributed by atoms with E-state index in [4.69, 9.17) is 14.2 Å². The first-order chi connectivity index (χ1) is 18.5. The Bertz CT molecular complexity index is 1360. The Labute approximate surface area is 225 Å². The van der Waals surface area contributed by atoms with Crippen molar-refractivity contribution in [2.75, 3.05) is 32.6 Å². The van der Waals surface area contributed by atoms with Crippen LogP contribution in [0.5, 0.6) is 11.5 Å². The lowest BCUT2D eigenvalue weighted by molar-refractivity contribution is 0.0203. The summed E-state index contributed by atoms with van der Waals surface area (Å²) in [4.78, 5) is 27.7. The number of amides is 2. The minimum absolute atomic E-state index is 0.0196. The molecule has 1 aliphatic heterocycles. The predicted molar refractivity (Wildman–Crippen MR) is 141 cm³/mol. The lowest BCUT2D eigenvalue weighted by Gasteiger charge is -2.34. The van der Waals surface area contributed by atoms with Crippen LogP contribution in [-0.2, 0) is 4.74 Å². The number of nitrogens with zero attached hydrogens (tertiary/aromatic N) is 3. The van der Waals surface area contributed by atoms with Crippen LogP contribution >= 0.6 is 0 Å². The van der Waals surface area contributed by atoms with Crippen molar-refractivity contribution in [2.45, 2.75) is 45.1 Å². The third kappa shape index (κ3) is 6.30. The highest BCUT2D eigenvalue weighted by Gasteiger charge is 2.32. The second-order valence-electron chi connectivity index (χ2n) is 10.2. The number of rotatable bonds is 6. The van der Waals surface area contributed by atoms with E-state index in [1.165, 1.54) is 31.2 Å². The van der Waals surface area contributed by atoms with Crippen LogP contribution in [0.15, 0.2) is 42.6 Å². The summed E-state index contributed by atoms with van der Waals surface area (Å²) in [6.07, 6.45) is 1.94. The zero-order valence-electron chi connectivity index (χ0n) is 22.6. The number of aromatic nitrogens is 2. The van der Waals surface area contributed by atoms with Gasteiger partial charge in [0, 0.05) is 36.8 Å². The number of carbonyl (C=O) groups is 2. The Kier molecular flexibility index (Phi) is 8.08. The average Bonchev–Trinajstić information content (AvgIpc) is 3.32. The van der Waals surface area contributed by atoms with Gasteiger partial charge in [-0.05, 0) is 57.9 Å². The zero-order valence-corrected chi connectivity index (χ0v) is 22.6. The van der Waals surface area contributed by atoms with Crippen molar-refractivity contribution in [3.63, 3.8) is 0 Å². The van der Waals surface area contributed by atoms with Gasteiger partial charge in [-0.2, -0.15) is 5.10 Å². The highest BCUT2D eigenvalue weighted by atomic mass is 19.1. The topological polar surface area (TPSA) is 94.9 Å². The normalized spacial score (nSPS) is 14.2. The van der Waals surface area contributed by atoms with E-state index in [2.05, 4.69) is 10.4 Å². The van der Waals surface area contributed by atoms with Gasteiger partial charge in [-0.3, -0.25) is 4.79 Å². The molecule has 2 aromatic carbocycles. The molecule has 1 saturated heterocycles. The summed E-state index contributed by atoms with van der Waals surface area (Å²) in [6, 6.07) is 8.15.